The van der Waals surface area contributed by atoms with E-state index in [1.807, 2.05) is 43.4 Å². The first kappa shape index (κ1) is 16.3. The number of benzene rings is 2. The van der Waals surface area contributed by atoms with Gasteiger partial charge in [0.15, 0.2) is 0 Å². The van der Waals surface area contributed by atoms with E-state index >= 15 is 0 Å². The van der Waals surface area contributed by atoms with Crippen molar-refractivity contribution in [3.63, 3.8) is 0 Å². The molecular weight excluding hydrogens is 350 g/mol. The first-order chi connectivity index (χ1) is 10.2. The molecular formula is C17H19BrClNO. The first-order valence-electron chi connectivity index (χ1n) is 6.97. The topological polar surface area (TPSA) is 21.3 Å². The standard InChI is InChI=1S/C17H19BrClNO/c1-20-12-14(13-2-6-16(19)7-3-13)10-11-21-17-8-4-15(18)5-9-17/h2-9,14,20H,10-12H2,1H3. The number of hydrogen-bond acceptors (Lipinski definition) is 2. The number of halogens is 2. The van der Waals surface area contributed by atoms with Crippen molar-refractivity contribution < 1.29 is 4.74 Å². The fourth-order valence-corrected chi connectivity index (χ4v) is 2.61. The Kier molecular flexibility index (Phi) is 6.55. The maximum absolute atomic E-state index is 5.95. The Morgan fingerprint density at radius 3 is 2.38 bits per heavy atom. The summed E-state index contributed by atoms with van der Waals surface area (Å²) >= 11 is 9.37. The van der Waals surface area contributed by atoms with Gasteiger partial charge in [-0.2, -0.15) is 0 Å². The summed E-state index contributed by atoms with van der Waals surface area (Å²) in [5.74, 6) is 1.32. The van der Waals surface area contributed by atoms with E-state index in [4.69, 9.17) is 16.3 Å². The average Bonchev–Trinajstić information content (AvgIpc) is 2.49. The molecule has 2 rings (SSSR count). The van der Waals surface area contributed by atoms with E-state index in [-0.39, 0.29) is 0 Å². The van der Waals surface area contributed by atoms with Crippen molar-refractivity contribution in [3.05, 3.63) is 63.6 Å². The van der Waals surface area contributed by atoms with Crippen molar-refractivity contribution in [2.75, 3.05) is 20.2 Å². The Hall–Kier alpha value is -1.03. The molecule has 0 aliphatic heterocycles. The van der Waals surface area contributed by atoms with E-state index in [9.17, 15) is 0 Å². The van der Waals surface area contributed by atoms with E-state index in [0.29, 0.717) is 12.5 Å². The van der Waals surface area contributed by atoms with E-state index in [1.165, 1.54) is 5.56 Å². The number of likely N-dealkylation sites (N-methyl/N-ethyl adjacent to an activating group) is 1. The van der Waals surface area contributed by atoms with Crippen molar-refractivity contribution in [3.8, 4) is 5.75 Å². The summed E-state index contributed by atoms with van der Waals surface area (Å²) < 4.78 is 6.87. The second kappa shape index (κ2) is 8.42. The van der Waals surface area contributed by atoms with Crippen molar-refractivity contribution in [1.29, 1.82) is 0 Å². The second-order valence-corrected chi connectivity index (χ2v) is 6.25. The molecule has 2 aromatic rings. The molecule has 0 radical (unpaired) electrons. The lowest BCUT2D eigenvalue weighted by Crippen LogP contribution is -2.19. The fraction of sp³-hybridized carbons (Fsp3) is 0.294. The average molecular weight is 369 g/mol. The first-order valence-corrected chi connectivity index (χ1v) is 8.14. The minimum Gasteiger partial charge on any atom is -0.494 e. The van der Waals surface area contributed by atoms with Crippen molar-refractivity contribution in [1.82, 2.24) is 5.32 Å². The van der Waals surface area contributed by atoms with E-state index in [2.05, 4.69) is 33.4 Å². The van der Waals surface area contributed by atoms with E-state index < -0.39 is 0 Å². The number of ether oxygens (including phenoxy) is 1. The minimum absolute atomic E-state index is 0.419. The van der Waals surface area contributed by atoms with Crippen LogP contribution >= 0.6 is 27.5 Å². The zero-order valence-electron chi connectivity index (χ0n) is 12.0. The molecule has 0 amide bonds. The zero-order valence-corrected chi connectivity index (χ0v) is 14.3. The molecule has 112 valence electrons. The van der Waals surface area contributed by atoms with Crippen LogP contribution in [0.3, 0.4) is 0 Å². The Morgan fingerprint density at radius 1 is 1.10 bits per heavy atom. The Bertz CT molecular complexity index is 542. The Labute approximate surface area is 139 Å². The van der Waals surface area contributed by atoms with Crippen molar-refractivity contribution in [2.24, 2.45) is 0 Å². The summed E-state index contributed by atoms with van der Waals surface area (Å²) in [4.78, 5) is 0. The highest BCUT2D eigenvalue weighted by Crippen LogP contribution is 2.22. The maximum atomic E-state index is 5.95. The molecule has 0 bridgehead atoms. The van der Waals surface area contributed by atoms with Gasteiger partial charge in [0.1, 0.15) is 5.75 Å². The van der Waals surface area contributed by atoms with Crippen LogP contribution in [0.1, 0.15) is 17.9 Å². The van der Waals surface area contributed by atoms with Crippen LogP contribution in [0.25, 0.3) is 0 Å². The second-order valence-electron chi connectivity index (χ2n) is 4.90. The molecule has 0 aliphatic rings. The predicted octanol–water partition coefficient (Wildman–Crippen LogP) is 4.87. The summed E-state index contributed by atoms with van der Waals surface area (Å²) in [6.07, 6.45) is 0.957. The van der Waals surface area contributed by atoms with E-state index in [0.717, 1.165) is 28.2 Å². The highest BCUT2D eigenvalue weighted by atomic mass is 79.9. The van der Waals surface area contributed by atoms with Gasteiger partial charge in [0.25, 0.3) is 0 Å². The third-order valence-electron chi connectivity index (χ3n) is 3.34. The number of rotatable bonds is 7. The maximum Gasteiger partial charge on any atom is 0.119 e. The van der Waals surface area contributed by atoms with Gasteiger partial charge in [-0.15, -0.1) is 0 Å². The molecule has 0 saturated heterocycles. The smallest absolute Gasteiger partial charge is 0.119 e. The summed E-state index contributed by atoms with van der Waals surface area (Å²) in [6.45, 7) is 1.61. The SMILES string of the molecule is CNCC(CCOc1ccc(Br)cc1)c1ccc(Cl)cc1. The molecule has 0 spiro atoms. The fourth-order valence-electron chi connectivity index (χ4n) is 2.22. The molecule has 1 unspecified atom stereocenters. The molecule has 4 heteroatoms. The lowest BCUT2D eigenvalue weighted by atomic mass is 9.96. The third kappa shape index (κ3) is 5.34. The molecule has 1 N–H and O–H groups in total. The molecule has 0 aromatic heterocycles. The van der Waals surface area contributed by atoms with Gasteiger partial charge >= 0.3 is 0 Å². The van der Waals surface area contributed by atoms with Crippen LogP contribution in [0.5, 0.6) is 5.75 Å². The van der Waals surface area contributed by atoms with Gasteiger partial charge in [-0.05, 0) is 61.3 Å². The van der Waals surface area contributed by atoms with Crippen LogP contribution in [-0.2, 0) is 0 Å². The molecule has 0 fully saturated rings. The van der Waals surface area contributed by atoms with Gasteiger partial charge in [0.2, 0.25) is 0 Å². The lowest BCUT2D eigenvalue weighted by molar-refractivity contribution is 0.296. The van der Waals surface area contributed by atoms with Crippen LogP contribution in [0.15, 0.2) is 53.0 Å². The van der Waals surface area contributed by atoms with Gasteiger partial charge in [-0.25, -0.2) is 0 Å². The molecule has 0 aliphatic carbocycles. The normalized spacial score (nSPS) is 12.1. The van der Waals surface area contributed by atoms with Crippen LogP contribution in [0.4, 0.5) is 0 Å². The van der Waals surface area contributed by atoms with E-state index in [1.54, 1.807) is 0 Å². The molecule has 1 atom stereocenters. The van der Waals surface area contributed by atoms with Gasteiger partial charge in [0, 0.05) is 16.0 Å². The van der Waals surface area contributed by atoms with Gasteiger partial charge in [-0.1, -0.05) is 39.7 Å². The molecule has 2 nitrogen and oxygen atoms in total. The monoisotopic (exact) mass is 367 g/mol. The largest absolute Gasteiger partial charge is 0.494 e. The quantitative estimate of drug-likeness (QED) is 0.752. The molecule has 2 aromatic carbocycles. The lowest BCUT2D eigenvalue weighted by Gasteiger charge is -2.17. The van der Waals surface area contributed by atoms with Crippen molar-refractivity contribution in [2.45, 2.75) is 12.3 Å². The van der Waals surface area contributed by atoms with Gasteiger partial charge < -0.3 is 10.1 Å². The highest BCUT2D eigenvalue weighted by molar-refractivity contribution is 9.10. The molecule has 0 saturated carbocycles. The van der Waals surface area contributed by atoms with Gasteiger partial charge in [-0.3, -0.25) is 0 Å². The molecule has 0 heterocycles. The van der Waals surface area contributed by atoms with Crippen LogP contribution in [0.2, 0.25) is 5.02 Å². The predicted molar refractivity (Wildman–Crippen MR) is 92.4 cm³/mol. The Balaban J connectivity index is 1.90. The zero-order chi connectivity index (χ0) is 15.1. The summed E-state index contributed by atoms with van der Waals surface area (Å²) in [6, 6.07) is 16.0. The number of hydrogen-bond donors (Lipinski definition) is 1. The van der Waals surface area contributed by atoms with Crippen molar-refractivity contribution >= 4 is 27.5 Å². The molecule has 21 heavy (non-hydrogen) atoms. The van der Waals surface area contributed by atoms with Crippen LogP contribution < -0.4 is 10.1 Å². The minimum atomic E-state index is 0.419. The third-order valence-corrected chi connectivity index (χ3v) is 4.12. The van der Waals surface area contributed by atoms with Crippen LogP contribution in [0, 0.1) is 0 Å². The number of nitrogens with one attached hydrogen (secondary N) is 1. The summed E-state index contributed by atoms with van der Waals surface area (Å²) in [7, 11) is 1.97. The van der Waals surface area contributed by atoms with Gasteiger partial charge in [0.05, 0.1) is 6.61 Å². The highest BCUT2D eigenvalue weighted by Gasteiger charge is 2.11. The summed E-state index contributed by atoms with van der Waals surface area (Å²) in [5.41, 5.74) is 1.29. The van der Waals surface area contributed by atoms with Crippen LogP contribution in [-0.4, -0.2) is 20.2 Å². The summed E-state index contributed by atoms with van der Waals surface area (Å²) in [5, 5.41) is 4.01. The Morgan fingerprint density at radius 2 is 1.76 bits per heavy atom.